The molecule has 5 rings (SSSR count). The summed E-state index contributed by atoms with van der Waals surface area (Å²) in [5.41, 5.74) is 1.62. The number of hydrogen-bond donors (Lipinski definition) is 1. The van der Waals surface area contributed by atoms with Crippen LogP contribution >= 0.6 is 11.6 Å². The molecule has 8 heteroatoms. The molecular weight excluding hydrogens is 414 g/mol. The Morgan fingerprint density at radius 3 is 2.87 bits per heavy atom. The third-order valence-electron chi connectivity index (χ3n) is 6.48. The molecule has 1 saturated heterocycles. The Morgan fingerprint density at radius 1 is 1.13 bits per heavy atom. The molecule has 2 fully saturated rings. The van der Waals surface area contributed by atoms with Gasteiger partial charge >= 0.3 is 0 Å². The first kappa shape index (κ1) is 20.0. The standard InChI is InChI=1S/C23H24ClN5O2/c24-21-10-4-7-17(27-21)13-25-23(31)20-11-15-6-3-9-19(15)29(20)22(30)14-28-18-8-2-1-5-16(18)12-26-28/h1-2,4-5,7-8,10,12,15,19-20H,3,6,9,11,13-14H2,(H,25,31)/t15-,19-,20-/m0/s1. The zero-order valence-electron chi connectivity index (χ0n) is 17.1. The van der Waals surface area contributed by atoms with Gasteiger partial charge in [0.2, 0.25) is 11.8 Å². The number of para-hydroxylation sites is 1. The van der Waals surface area contributed by atoms with Gasteiger partial charge in [-0.25, -0.2) is 4.98 Å². The van der Waals surface area contributed by atoms with E-state index < -0.39 is 6.04 Å². The van der Waals surface area contributed by atoms with Gasteiger partial charge in [0.15, 0.2) is 0 Å². The van der Waals surface area contributed by atoms with Crippen molar-refractivity contribution in [3.63, 3.8) is 0 Å². The van der Waals surface area contributed by atoms with E-state index in [1.165, 1.54) is 0 Å². The van der Waals surface area contributed by atoms with E-state index in [2.05, 4.69) is 15.4 Å². The van der Waals surface area contributed by atoms with Gasteiger partial charge in [0.1, 0.15) is 17.7 Å². The smallest absolute Gasteiger partial charge is 0.245 e. The third-order valence-corrected chi connectivity index (χ3v) is 6.69. The highest BCUT2D eigenvalue weighted by molar-refractivity contribution is 6.29. The van der Waals surface area contributed by atoms with E-state index in [-0.39, 0.29) is 30.9 Å². The lowest BCUT2D eigenvalue weighted by Crippen LogP contribution is -2.49. The molecule has 0 bridgehead atoms. The summed E-state index contributed by atoms with van der Waals surface area (Å²) in [6.45, 7) is 0.424. The molecule has 3 atom stereocenters. The predicted molar refractivity (Wildman–Crippen MR) is 117 cm³/mol. The summed E-state index contributed by atoms with van der Waals surface area (Å²) in [5, 5.41) is 8.74. The second kappa shape index (κ2) is 8.30. The van der Waals surface area contributed by atoms with E-state index in [9.17, 15) is 9.59 Å². The maximum atomic E-state index is 13.4. The quantitative estimate of drug-likeness (QED) is 0.622. The minimum absolute atomic E-state index is 0.0516. The Morgan fingerprint density at radius 2 is 2.00 bits per heavy atom. The number of carbonyl (C=O) groups excluding carboxylic acids is 2. The molecule has 3 aromatic rings. The van der Waals surface area contributed by atoms with E-state index in [0.717, 1.165) is 30.2 Å². The summed E-state index contributed by atoms with van der Waals surface area (Å²) in [6, 6.07) is 12.8. The van der Waals surface area contributed by atoms with Crippen molar-refractivity contribution >= 4 is 34.3 Å². The fourth-order valence-electron chi connectivity index (χ4n) is 5.09. The van der Waals surface area contributed by atoms with Crippen LogP contribution in [0.4, 0.5) is 0 Å². The lowest BCUT2D eigenvalue weighted by Gasteiger charge is -2.29. The lowest BCUT2D eigenvalue weighted by atomic mass is 10.0. The summed E-state index contributed by atoms with van der Waals surface area (Å²) in [4.78, 5) is 32.5. The normalized spacial score (nSPS) is 22.6. The average Bonchev–Trinajstić information content (AvgIpc) is 3.47. The Hall–Kier alpha value is -2.93. The highest BCUT2D eigenvalue weighted by Crippen LogP contribution is 2.41. The number of rotatable bonds is 5. The summed E-state index contributed by atoms with van der Waals surface area (Å²) < 4.78 is 1.73. The number of nitrogens with zero attached hydrogens (tertiary/aromatic N) is 4. The minimum Gasteiger partial charge on any atom is -0.349 e. The molecule has 2 amide bonds. The zero-order chi connectivity index (χ0) is 21.4. The van der Waals surface area contributed by atoms with Crippen molar-refractivity contribution in [1.29, 1.82) is 0 Å². The number of likely N-dealkylation sites (tertiary alicyclic amines) is 1. The maximum absolute atomic E-state index is 13.4. The molecule has 0 unspecified atom stereocenters. The second-order valence-corrected chi connectivity index (χ2v) is 8.73. The van der Waals surface area contributed by atoms with E-state index in [4.69, 9.17) is 11.6 Å². The van der Waals surface area contributed by atoms with Crippen LogP contribution in [0.2, 0.25) is 5.15 Å². The van der Waals surface area contributed by atoms with Crippen molar-refractivity contribution in [2.75, 3.05) is 0 Å². The zero-order valence-corrected chi connectivity index (χ0v) is 17.8. The van der Waals surface area contributed by atoms with E-state index >= 15 is 0 Å². The van der Waals surface area contributed by atoms with Crippen molar-refractivity contribution in [3.8, 4) is 0 Å². The van der Waals surface area contributed by atoms with Gasteiger partial charge in [-0.2, -0.15) is 5.10 Å². The molecular formula is C23H24ClN5O2. The monoisotopic (exact) mass is 437 g/mol. The Kier molecular flexibility index (Phi) is 5.36. The van der Waals surface area contributed by atoms with Gasteiger partial charge in [-0.1, -0.05) is 42.3 Å². The fourth-order valence-corrected chi connectivity index (χ4v) is 5.27. The molecule has 0 spiro atoms. The number of nitrogens with one attached hydrogen (secondary N) is 1. The van der Waals surface area contributed by atoms with Crippen LogP contribution in [0.25, 0.3) is 10.9 Å². The molecule has 1 aromatic carbocycles. The van der Waals surface area contributed by atoms with Gasteiger partial charge in [-0.15, -0.1) is 0 Å². The van der Waals surface area contributed by atoms with Gasteiger partial charge in [-0.3, -0.25) is 14.3 Å². The summed E-state index contributed by atoms with van der Waals surface area (Å²) >= 11 is 5.94. The van der Waals surface area contributed by atoms with Gasteiger partial charge in [0, 0.05) is 11.4 Å². The molecule has 160 valence electrons. The Balaban J connectivity index is 1.33. The number of carbonyl (C=O) groups is 2. The first-order chi connectivity index (χ1) is 15.1. The van der Waals surface area contributed by atoms with E-state index in [1.807, 2.05) is 35.2 Å². The van der Waals surface area contributed by atoms with Gasteiger partial charge in [-0.05, 0) is 43.4 Å². The second-order valence-electron chi connectivity index (χ2n) is 8.34. The minimum atomic E-state index is -0.455. The van der Waals surface area contributed by atoms with Gasteiger partial charge < -0.3 is 10.2 Å². The number of aromatic nitrogens is 3. The van der Waals surface area contributed by atoms with Crippen molar-refractivity contribution in [3.05, 3.63) is 59.5 Å². The maximum Gasteiger partial charge on any atom is 0.245 e. The number of benzene rings is 1. The highest BCUT2D eigenvalue weighted by Gasteiger charge is 2.48. The van der Waals surface area contributed by atoms with Crippen molar-refractivity contribution < 1.29 is 9.59 Å². The fraction of sp³-hybridized carbons (Fsp3) is 0.391. The van der Waals surface area contributed by atoms with Crippen LogP contribution in [0.3, 0.4) is 0 Å². The van der Waals surface area contributed by atoms with E-state index in [0.29, 0.717) is 23.2 Å². The molecule has 3 heterocycles. The Bertz CT molecular complexity index is 1130. The molecule has 1 saturated carbocycles. The van der Waals surface area contributed by atoms with Crippen LogP contribution in [0.1, 0.15) is 31.4 Å². The average molecular weight is 438 g/mol. The molecule has 0 radical (unpaired) electrons. The largest absolute Gasteiger partial charge is 0.349 e. The number of halogens is 1. The highest BCUT2D eigenvalue weighted by atomic mass is 35.5. The van der Waals surface area contributed by atoms with Crippen LogP contribution in [0.15, 0.2) is 48.7 Å². The van der Waals surface area contributed by atoms with E-state index in [1.54, 1.807) is 23.0 Å². The van der Waals surface area contributed by atoms with Crippen molar-refractivity contribution in [2.45, 2.75) is 50.9 Å². The molecule has 2 aromatic heterocycles. The SMILES string of the molecule is O=C(NCc1cccc(Cl)n1)[C@@H]1C[C@@H]2CCC[C@@H]2N1C(=O)Cn1ncc2ccccc21. The molecule has 1 N–H and O–H groups in total. The number of fused-ring (bicyclic) bond motifs is 2. The summed E-state index contributed by atoms with van der Waals surface area (Å²) in [6.07, 6.45) is 5.61. The lowest BCUT2D eigenvalue weighted by molar-refractivity contribution is -0.141. The van der Waals surface area contributed by atoms with Gasteiger partial charge in [0.25, 0.3) is 0 Å². The predicted octanol–water partition coefficient (Wildman–Crippen LogP) is 3.17. The molecule has 31 heavy (non-hydrogen) atoms. The first-order valence-electron chi connectivity index (χ1n) is 10.7. The van der Waals surface area contributed by atoms with Crippen LogP contribution in [-0.2, 0) is 22.7 Å². The number of pyridine rings is 1. The number of amides is 2. The van der Waals surface area contributed by atoms with Crippen LogP contribution < -0.4 is 5.32 Å². The topological polar surface area (TPSA) is 80.1 Å². The first-order valence-corrected chi connectivity index (χ1v) is 11.1. The van der Waals surface area contributed by atoms with Crippen LogP contribution in [0, 0.1) is 5.92 Å². The molecule has 1 aliphatic carbocycles. The summed E-state index contributed by atoms with van der Waals surface area (Å²) in [5.74, 6) is 0.206. The summed E-state index contributed by atoms with van der Waals surface area (Å²) in [7, 11) is 0. The Labute approximate surface area is 185 Å². The van der Waals surface area contributed by atoms with Crippen molar-refractivity contribution in [1.82, 2.24) is 25.0 Å². The molecule has 2 aliphatic rings. The number of hydrogen-bond acceptors (Lipinski definition) is 4. The van der Waals surface area contributed by atoms with Gasteiger partial charge in [0.05, 0.1) is 24.0 Å². The molecule has 1 aliphatic heterocycles. The van der Waals surface area contributed by atoms with Crippen molar-refractivity contribution in [2.24, 2.45) is 5.92 Å². The van der Waals surface area contributed by atoms with Crippen LogP contribution in [-0.4, -0.2) is 43.6 Å². The molecule has 7 nitrogen and oxygen atoms in total. The van der Waals surface area contributed by atoms with Crippen LogP contribution in [0.5, 0.6) is 0 Å². The third kappa shape index (κ3) is 3.90.